The predicted octanol–water partition coefficient (Wildman–Crippen LogP) is 4.08. The fraction of sp³-hybridized carbons (Fsp3) is 0.615. The second kappa shape index (κ2) is 10.7. The van der Waals surface area contributed by atoms with Crippen molar-refractivity contribution < 1.29 is 14.7 Å². The summed E-state index contributed by atoms with van der Waals surface area (Å²) in [6.07, 6.45) is 3.15. The number of likely N-dealkylation sites (N-methyl/N-ethyl adjacent to an activating group) is 1. The van der Waals surface area contributed by atoms with Crippen LogP contribution in [0.4, 0.5) is 0 Å². The molecule has 0 spiro atoms. The van der Waals surface area contributed by atoms with E-state index in [2.05, 4.69) is 29.1 Å². The Morgan fingerprint density at radius 3 is 2.63 bits per heavy atom. The zero-order valence-corrected chi connectivity index (χ0v) is 22.5. The van der Waals surface area contributed by atoms with Gasteiger partial charge in [0.2, 0.25) is 5.91 Å². The van der Waals surface area contributed by atoms with Crippen LogP contribution in [0.15, 0.2) is 24.4 Å². The maximum absolute atomic E-state index is 12.6. The molecule has 1 atom stereocenters. The molecule has 2 aromatic rings. The number of carboxylic acids is 1. The van der Waals surface area contributed by atoms with Crippen molar-refractivity contribution in [1.29, 1.82) is 0 Å². The molecule has 3 rings (SSSR count). The number of nitrogens with zero attached hydrogens (tertiary/aromatic N) is 5. The Kier molecular flexibility index (Phi) is 8.27. The van der Waals surface area contributed by atoms with E-state index >= 15 is 0 Å². The summed E-state index contributed by atoms with van der Waals surface area (Å²) in [5.41, 5.74) is 1.64. The third kappa shape index (κ3) is 6.61. The molecule has 0 aliphatic carbocycles. The van der Waals surface area contributed by atoms with Gasteiger partial charge in [-0.25, -0.2) is 0 Å². The first-order valence-corrected chi connectivity index (χ1v) is 12.6. The van der Waals surface area contributed by atoms with Crippen LogP contribution in [-0.2, 0) is 29.1 Å². The topological polar surface area (TPSA) is 91.6 Å². The van der Waals surface area contributed by atoms with Gasteiger partial charge in [0.25, 0.3) is 0 Å². The first-order chi connectivity index (χ1) is 16.3. The van der Waals surface area contributed by atoms with Crippen molar-refractivity contribution in [2.24, 2.45) is 10.8 Å². The van der Waals surface area contributed by atoms with Crippen LogP contribution < -0.4 is 0 Å². The van der Waals surface area contributed by atoms with Gasteiger partial charge in [-0.2, -0.15) is 0 Å². The molecule has 1 fully saturated rings. The standard InChI is InChI=1S/C26H38ClN5O3/c1-7-32-14-20(28-29-32)9-10-21(26(4,5)24(34)35)18-8-11-22(27)19(12-18)13-31-15-23(33)30(6)16-25(2,3)17-31/h8,11-12,14,21H,7,9-10,13,15-17H2,1-6H3,(H,34,35). The molecule has 9 heteroatoms. The highest BCUT2D eigenvalue weighted by molar-refractivity contribution is 6.31. The number of halogens is 1. The molecule has 8 nitrogen and oxygen atoms in total. The Morgan fingerprint density at radius 2 is 2.00 bits per heavy atom. The second-order valence-electron chi connectivity index (χ2n) is 11.1. The fourth-order valence-electron chi connectivity index (χ4n) is 5.03. The minimum atomic E-state index is -0.991. The van der Waals surface area contributed by atoms with Crippen molar-refractivity contribution >= 4 is 23.5 Å². The number of aromatic nitrogens is 3. The first kappa shape index (κ1) is 27.1. The van der Waals surface area contributed by atoms with Crippen LogP contribution in [0.5, 0.6) is 0 Å². The second-order valence-corrected chi connectivity index (χ2v) is 11.5. The molecule has 0 radical (unpaired) electrons. The van der Waals surface area contributed by atoms with Gasteiger partial charge < -0.3 is 10.0 Å². The van der Waals surface area contributed by atoms with E-state index < -0.39 is 11.4 Å². The quantitative estimate of drug-likeness (QED) is 0.554. The van der Waals surface area contributed by atoms with Crippen LogP contribution in [0.25, 0.3) is 0 Å². The number of hydrogen-bond acceptors (Lipinski definition) is 5. The molecule has 1 aliphatic heterocycles. The lowest BCUT2D eigenvalue weighted by Crippen LogP contribution is -2.35. The molecule has 1 unspecified atom stereocenters. The number of aliphatic carboxylic acids is 1. The summed E-state index contributed by atoms with van der Waals surface area (Å²) in [5, 5.41) is 19.0. The van der Waals surface area contributed by atoms with E-state index in [1.165, 1.54) is 0 Å². The predicted molar refractivity (Wildman–Crippen MR) is 136 cm³/mol. The normalized spacial score (nSPS) is 17.9. The maximum Gasteiger partial charge on any atom is 0.309 e. The minimum absolute atomic E-state index is 0.0469. The molecule has 1 aromatic heterocycles. The number of aryl methyl sites for hydroxylation is 2. The van der Waals surface area contributed by atoms with Crippen molar-refractivity contribution in [3.63, 3.8) is 0 Å². The van der Waals surface area contributed by atoms with Gasteiger partial charge in [0.1, 0.15) is 0 Å². The highest BCUT2D eigenvalue weighted by Gasteiger charge is 2.38. The number of carbonyl (C=O) groups excluding carboxylic acids is 1. The molecule has 1 N–H and O–H groups in total. The molecule has 1 amide bonds. The van der Waals surface area contributed by atoms with Crippen molar-refractivity contribution in [2.75, 3.05) is 26.7 Å². The highest BCUT2D eigenvalue weighted by atomic mass is 35.5. The van der Waals surface area contributed by atoms with Gasteiger partial charge >= 0.3 is 5.97 Å². The van der Waals surface area contributed by atoms with E-state index in [0.29, 0.717) is 37.5 Å². The molecule has 1 aromatic carbocycles. The number of hydrogen-bond donors (Lipinski definition) is 1. The molecule has 1 aliphatic rings. The fourth-order valence-corrected chi connectivity index (χ4v) is 5.21. The molecular formula is C26H38ClN5O3. The summed E-state index contributed by atoms with van der Waals surface area (Å²) >= 11 is 6.61. The van der Waals surface area contributed by atoms with E-state index in [-0.39, 0.29) is 17.2 Å². The largest absolute Gasteiger partial charge is 0.481 e. The van der Waals surface area contributed by atoms with Crippen LogP contribution in [-0.4, -0.2) is 68.5 Å². The van der Waals surface area contributed by atoms with Crippen molar-refractivity contribution in [2.45, 2.75) is 66.5 Å². The number of carboxylic acid groups (broad SMARTS) is 1. The maximum atomic E-state index is 12.6. The summed E-state index contributed by atoms with van der Waals surface area (Å²) in [4.78, 5) is 28.7. The van der Waals surface area contributed by atoms with Gasteiger partial charge in [-0.1, -0.05) is 42.8 Å². The first-order valence-electron chi connectivity index (χ1n) is 12.2. The molecular weight excluding hydrogens is 466 g/mol. The van der Waals surface area contributed by atoms with Crippen LogP contribution >= 0.6 is 11.6 Å². The monoisotopic (exact) mass is 503 g/mol. The number of benzene rings is 1. The third-order valence-corrected chi connectivity index (χ3v) is 7.36. The molecule has 1 saturated heterocycles. The van der Waals surface area contributed by atoms with E-state index in [9.17, 15) is 14.7 Å². The Labute approximate surface area is 213 Å². The minimum Gasteiger partial charge on any atom is -0.481 e. The number of rotatable bonds is 9. The van der Waals surface area contributed by atoms with E-state index in [1.807, 2.05) is 38.4 Å². The lowest BCUT2D eigenvalue weighted by Gasteiger charge is -2.32. The Balaban J connectivity index is 1.88. The smallest absolute Gasteiger partial charge is 0.309 e. The van der Waals surface area contributed by atoms with Gasteiger partial charge in [-0.15, -0.1) is 5.10 Å². The van der Waals surface area contributed by atoms with Crippen LogP contribution in [0, 0.1) is 10.8 Å². The van der Waals surface area contributed by atoms with Gasteiger partial charge in [-0.3, -0.25) is 19.2 Å². The molecule has 0 saturated carbocycles. The molecule has 192 valence electrons. The molecule has 0 bridgehead atoms. The van der Waals surface area contributed by atoms with Crippen molar-refractivity contribution in [3.05, 3.63) is 46.2 Å². The van der Waals surface area contributed by atoms with Crippen molar-refractivity contribution in [1.82, 2.24) is 24.8 Å². The zero-order valence-electron chi connectivity index (χ0n) is 21.7. The van der Waals surface area contributed by atoms with Gasteiger partial charge in [0, 0.05) is 44.4 Å². The van der Waals surface area contributed by atoms with Crippen molar-refractivity contribution in [3.8, 4) is 0 Å². The van der Waals surface area contributed by atoms with Gasteiger partial charge in [0.05, 0.1) is 17.7 Å². The van der Waals surface area contributed by atoms with Gasteiger partial charge in [-0.05, 0) is 62.1 Å². The summed E-state index contributed by atoms with van der Waals surface area (Å²) in [5.74, 6) is -1.01. The summed E-state index contributed by atoms with van der Waals surface area (Å²) in [6.45, 7) is 12.9. The van der Waals surface area contributed by atoms with E-state index in [4.69, 9.17) is 11.6 Å². The van der Waals surface area contributed by atoms with Crippen LogP contribution in [0.2, 0.25) is 5.02 Å². The summed E-state index contributed by atoms with van der Waals surface area (Å²) < 4.78 is 1.77. The Morgan fingerprint density at radius 1 is 1.29 bits per heavy atom. The van der Waals surface area contributed by atoms with E-state index in [1.54, 1.807) is 23.4 Å². The zero-order chi connectivity index (χ0) is 26.0. The van der Waals surface area contributed by atoms with Crippen LogP contribution in [0.1, 0.15) is 63.8 Å². The Bertz CT molecular complexity index is 1070. The Hall–Kier alpha value is -2.45. The van der Waals surface area contributed by atoms with Gasteiger partial charge in [0.15, 0.2) is 0 Å². The van der Waals surface area contributed by atoms with E-state index in [0.717, 1.165) is 29.9 Å². The summed E-state index contributed by atoms with van der Waals surface area (Å²) in [6, 6.07) is 5.80. The number of carbonyl (C=O) groups is 2. The third-order valence-electron chi connectivity index (χ3n) is 6.99. The molecule has 2 heterocycles. The average Bonchev–Trinajstić information content (AvgIpc) is 3.19. The van der Waals surface area contributed by atoms with Crippen LogP contribution in [0.3, 0.4) is 0 Å². The average molecular weight is 504 g/mol. The highest BCUT2D eigenvalue weighted by Crippen LogP contribution is 2.40. The lowest BCUT2D eigenvalue weighted by molar-refractivity contribution is -0.148. The SMILES string of the molecule is CCn1cc(CCC(c2ccc(Cl)c(CN3CC(=O)N(C)CC(C)(C)C3)c2)C(C)(C)C(=O)O)nn1. The number of amides is 1. The summed E-state index contributed by atoms with van der Waals surface area (Å²) in [7, 11) is 1.85. The lowest BCUT2D eigenvalue weighted by atomic mass is 9.72. The molecule has 35 heavy (non-hydrogen) atoms.